The largest absolute Gasteiger partial charge is 0.460 e. The lowest BCUT2D eigenvalue weighted by molar-refractivity contribution is -0.139. The van der Waals surface area contributed by atoms with Crippen LogP contribution in [-0.2, 0) is 14.3 Å². The number of Topliss-reactive ketones (excluding diaryl/α,β-unsaturated/α-hetero) is 1. The van der Waals surface area contributed by atoms with E-state index >= 15 is 0 Å². The van der Waals surface area contributed by atoms with E-state index in [1.54, 1.807) is 0 Å². The Morgan fingerprint density at radius 1 is 1.24 bits per heavy atom. The number of ketones is 1. The van der Waals surface area contributed by atoms with Crippen LogP contribution in [0.1, 0.15) is 6.42 Å². The molecule has 5 heteroatoms. The fourth-order valence-electron chi connectivity index (χ4n) is 1.36. The van der Waals surface area contributed by atoms with Crippen LogP contribution in [0.15, 0.2) is 36.5 Å². The third kappa shape index (κ3) is 3.66. The van der Waals surface area contributed by atoms with Crippen LogP contribution in [-0.4, -0.2) is 29.4 Å². The average molecular weight is 232 g/mol. The highest BCUT2D eigenvalue weighted by Crippen LogP contribution is 2.11. The lowest BCUT2D eigenvalue weighted by Crippen LogP contribution is -2.27. The fourth-order valence-corrected chi connectivity index (χ4v) is 1.36. The molecule has 1 rings (SSSR count). The normalized spacial score (nSPS) is 13.9. The molecule has 0 aromatic heterocycles. The molecule has 0 radical (unpaired) electrons. The zero-order valence-corrected chi connectivity index (χ0v) is 9.37. The zero-order chi connectivity index (χ0) is 12.7. The van der Waals surface area contributed by atoms with Crippen molar-refractivity contribution in [1.29, 1.82) is 0 Å². The van der Waals surface area contributed by atoms with Gasteiger partial charge < -0.3 is 10.3 Å². The van der Waals surface area contributed by atoms with Gasteiger partial charge in [-0.3, -0.25) is 4.79 Å². The van der Waals surface area contributed by atoms with Crippen LogP contribution in [0.5, 0.6) is 0 Å². The van der Waals surface area contributed by atoms with Crippen molar-refractivity contribution in [2.24, 2.45) is 5.92 Å². The molecule has 5 nitrogen and oxygen atoms in total. The van der Waals surface area contributed by atoms with Crippen LogP contribution in [0.2, 0.25) is 0 Å². The van der Waals surface area contributed by atoms with E-state index in [2.05, 4.69) is 9.53 Å². The number of esters is 1. The number of ether oxygens (including phenoxy) is 1. The first-order valence-electron chi connectivity index (χ1n) is 5.04. The van der Waals surface area contributed by atoms with Gasteiger partial charge in [-0.25, -0.2) is 4.79 Å². The maximum absolute atomic E-state index is 11.7. The predicted octanol–water partition coefficient (Wildman–Crippen LogP) is 1.09. The van der Waals surface area contributed by atoms with Gasteiger partial charge in [-0.15, -0.1) is 0 Å². The second-order valence-corrected chi connectivity index (χ2v) is 3.39. The summed E-state index contributed by atoms with van der Waals surface area (Å²) in [5.74, 6) is -1.61. The molecule has 1 aliphatic carbocycles. The Bertz CT molecular complexity index is 438. The third-order valence-corrected chi connectivity index (χ3v) is 2.21. The van der Waals surface area contributed by atoms with Crippen molar-refractivity contribution >= 4 is 17.5 Å². The van der Waals surface area contributed by atoms with Gasteiger partial charge in [0.25, 0.3) is 5.78 Å². The van der Waals surface area contributed by atoms with Gasteiger partial charge in [0, 0.05) is 12.3 Å². The summed E-state index contributed by atoms with van der Waals surface area (Å²) in [4.78, 5) is 25.5. The van der Waals surface area contributed by atoms with E-state index in [4.69, 9.17) is 5.53 Å². The number of carbonyl (C=O) groups is 2. The molecule has 0 bridgehead atoms. The van der Waals surface area contributed by atoms with Gasteiger partial charge in [0.05, 0.1) is 7.11 Å². The maximum Gasteiger partial charge on any atom is 0.441 e. The summed E-state index contributed by atoms with van der Waals surface area (Å²) in [7, 11) is 1.12. The minimum absolute atomic E-state index is 0.0587. The molecular formula is C12H12N2O3. The Morgan fingerprint density at radius 2 is 1.82 bits per heavy atom. The Balaban J connectivity index is 2.72. The molecule has 0 unspecified atom stereocenters. The molecule has 17 heavy (non-hydrogen) atoms. The van der Waals surface area contributed by atoms with E-state index in [1.807, 2.05) is 36.5 Å². The molecule has 0 aliphatic heterocycles. The van der Waals surface area contributed by atoms with Crippen LogP contribution in [0.25, 0.3) is 5.53 Å². The van der Waals surface area contributed by atoms with Gasteiger partial charge in [-0.1, -0.05) is 36.5 Å². The molecule has 0 atom stereocenters. The lowest BCUT2D eigenvalue weighted by Gasteiger charge is -2.02. The van der Waals surface area contributed by atoms with E-state index in [0.717, 1.165) is 7.11 Å². The van der Waals surface area contributed by atoms with Crippen LogP contribution in [0.4, 0.5) is 0 Å². The second kappa shape index (κ2) is 6.35. The first-order valence-corrected chi connectivity index (χ1v) is 5.04. The van der Waals surface area contributed by atoms with E-state index < -0.39 is 17.5 Å². The number of carbonyl (C=O) groups excluding carboxylic acids is 2. The van der Waals surface area contributed by atoms with Gasteiger partial charge >= 0.3 is 11.7 Å². The summed E-state index contributed by atoms with van der Waals surface area (Å²) < 4.78 is 4.34. The summed E-state index contributed by atoms with van der Waals surface area (Å²) in [5.41, 5.74) is 8.02. The molecule has 0 amide bonds. The van der Waals surface area contributed by atoms with Crippen molar-refractivity contribution in [2.75, 3.05) is 7.11 Å². The molecule has 88 valence electrons. The average Bonchev–Trinajstić information content (AvgIpc) is 2.58. The lowest BCUT2D eigenvalue weighted by atomic mass is 9.99. The monoisotopic (exact) mass is 232 g/mol. The number of rotatable bonds is 4. The van der Waals surface area contributed by atoms with E-state index in [0.29, 0.717) is 0 Å². The first kappa shape index (κ1) is 12.8. The summed E-state index contributed by atoms with van der Waals surface area (Å²) in [6.07, 6.45) is 11.0. The molecular weight excluding hydrogens is 220 g/mol. The van der Waals surface area contributed by atoms with Crippen molar-refractivity contribution in [1.82, 2.24) is 0 Å². The summed E-state index contributed by atoms with van der Waals surface area (Å²) >= 11 is 0. The molecule has 0 N–H and O–H groups in total. The highest BCUT2D eigenvalue weighted by atomic mass is 16.5. The van der Waals surface area contributed by atoms with Crippen molar-refractivity contribution in [3.8, 4) is 0 Å². The summed E-state index contributed by atoms with van der Waals surface area (Å²) in [6.45, 7) is 0. The van der Waals surface area contributed by atoms with Crippen molar-refractivity contribution in [2.45, 2.75) is 6.42 Å². The molecule has 1 aliphatic rings. The van der Waals surface area contributed by atoms with Gasteiger partial charge in [0.2, 0.25) is 0 Å². The Morgan fingerprint density at radius 3 is 2.29 bits per heavy atom. The van der Waals surface area contributed by atoms with E-state index in [9.17, 15) is 9.59 Å². The summed E-state index contributed by atoms with van der Waals surface area (Å²) in [6, 6.07) is 0. The molecule has 0 fully saturated rings. The summed E-state index contributed by atoms with van der Waals surface area (Å²) in [5, 5.41) is 0. The molecule has 0 aromatic carbocycles. The molecule has 0 saturated heterocycles. The van der Waals surface area contributed by atoms with Crippen LogP contribution < -0.4 is 0 Å². The third-order valence-electron chi connectivity index (χ3n) is 2.21. The van der Waals surface area contributed by atoms with Gasteiger partial charge in [0.1, 0.15) is 0 Å². The smallest absolute Gasteiger partial charge is 0.441 e. The van der Waals surface area contributed by atoms with E-state index in [1.165, 1.54) is 0 Å². The fraction of sp³-hybridized carbons (Fsp3) is 0.250. The van der Waals surface area contributed by atoms with Crippen molar-refractivity contribution in [3.05, 3.63) is 42.0 Å². The number of methoxy groups -OCH3 is 1. The van der Waals surface area contributed by atoms with Crippen molar-refractivity contribution in [3.63, 3.8) is 0 Å². The standard InChI is InChI=1S/C12H12N2O3/c1-17-12(16)11(14-13)10(15)8-9-6-4-2-3-5-7-9/h2-7,9H,8H2,1H3. The number of hydrogen-bond donors (Lipinski definition) is 0. The quantitative estimate of drug-likeness (QED) is 0.239. The molecule has 0 aromatic rings. The first-order chi connectivity index (χ1) is 8.19. The number of allylic oxidation sites excluding steroid dienone is 6. The second-order valence-electron chi connectivity index (χ2n) is 3.39. The number of hydrogen-bond acceptors (Lipinski definition) is 3. The molecule has 0 heterocycles. The topological polar surface area (TPSA) is 79.8 Å². The van der Waals surface area contributed by atoms with Crippen LogP contribution >= 0.6 is 0 Å². The van der Waals surface area contributed by atoms with Crippen LogP contribution in [0, 0.1) is 5.92 Å². The SMILES string of the molecule is COC(=O)C(=[N+]=[N-])C(=O)CC1C=CC=CC=C1. The highest BCUT2D eigenvalue weighted by Gasteiger charge is 2.31. The predicted molar refractivity (Wildman–Crippen MR) is 61.2 cm³/mol. The Kier molecular flexibility index (Phi) is 4.78. The van der Waals surface area contributed by atoms with E-state index in [-0.39, 0.29) is 12.3 Å². The Hall–Kier alpha value is -2.26. The zero-order valence-electron chi connectivity index (χ0n) is 9.37. The van der Waals surface area contributed by atoms with Gasteiger partial charge in [-0.05, 0) is 0 Å². The maximum atomic E-state index is 11.7. The Labute approximate surface area is 98.7 Å². The highest BCUT2D eigenvalue weighted by molar-refractivity contribution is 6.62. The molecule has 0 saturated carbocycles. The minimum atomic E-state index is -0.933. The van der Waals surface area contributed by atoms with Crippen LogP contribution in [0.3, 0.4) is 0 Å². The minimum Gasteiger partial charge on any atom is -0.460 e. The van der Waals surface area contributed by atoms with Gasteiger partial charge in [0.15, 0.2) is 0 Å². The number of nitrogens with zero attached hydrogens (tertiary/aromatic N) is 2. The van der Waals surface area contributed by atoms with Crippen molar-refractivity contribution < 1.29 is 19.1 Å². The van der Waals surface area contributed by atoms with Gasteiger partial charge in [-0.2, -0.15) is 4.79 Å². The molecule has 0 spiro atoms.